The molecule has 0 bridgehead atoms. The van der Waals surface area contributed by atoms with Crippen LogP contribution in [0, 0.1) is 10.1 Å². The number of nitrogens with zero attached hydrogens (tertiary/aromatic N) is 1. The van der Waals surface area contributed by atoms with Gasteiger partial charge in [0.15, 0.2) is 0 Å². The molecule has 0 aliphatic rings. The van der Waals surface area contributed by atoms with Crippen molar-refractivity contribution in [2.24, 2.45) is 0 Å². The molecule has 0 aliphatic carbocycles. The van der Waals surface area contributed by atoms with Gasteiger partial charge in [0, 0.05) is 12.1 Å². The average molecular weight is 288 g/mol. The fourth-order valence-electron chi connectivity index (χ4n) is 1.29. The smallest absolute Gasteiger partial charge is 0.323 e. The zero-order valence-corrected chi connectivity index (χ0v) is 11.0. The maximum Gasteiger partial charge on any atom is 0.323 e. The number of nitro groups is 1. The summed E-state index contributed by atoms with van der Waals surface area (Å²) in [6.45, 7) is 1.31. The highest BCUT2D eigenvalue weighted by atomic mass is 32.2. The Labute approximate surface area is 109 Å². The standard InChI is InChI=1S/C10H12N2O6S/c1-7(10(13)18-2)11-19(16,17)9-5-3-4-8(6-9)12(14)15/h3-7,11H,1-2H3/t7-/m0/s1. The summed E-state index contributed by atoms with van der Waals surface area (Å²) in [6, 6.07) is 3.43. The number of esters is 1. The van der Waals surface area contributed by atoms with Crippen molar-refractivity contribution in [1.29, 1.82) is 0 Å². The molecule has 0 unspecified atom stereocenters. The third-order valence-electron chi connectivity index (χ3n) is 2.23. The lowest BCUT2D eigenvalue weighted by atomic mass is 10.3. The highest BCUT2D eigenvalue weighted by Gasteiger charge is 2.23. The molecule has 19 heavy (non-hydrogen) atoms. The summed E-state index contributed by atoms with van der Waals surface area (Å²) in [5.41, 5.74) is -0.353. The van der Waals surface area contributed by atoms with E-state index in [1.165, 1.54) is 25.1 Å². The van der Waals surface area contributed by atoms with Crippen LogP contribution in [0.25, 0.3) is 0 Å². The summed E-state index contributed by atoms with van der Waals surface area (Å²) in [7, 11) is -2.90. The van der Waals surface area contributed by atoms with Gasteiger partial charge in [-0.3, -0.25) is 14.9 Å². The van der Waals surface area contributed by atoms with Crippen molar-refractivity contribution in [3.8, 4) is 0 Å². The van der Waals surface area contributed by atoms with E-state index in [9.17, 15) is 23.3 Å². The van der Waals surface area contributed by atoms with Crippen LogP contribution < -0.4 is 4.72 Å². The van der Waals surface area contributed by atoms with Crippen LogP contribution in [0.5, 0.6) is 0 Å². The summed E-state index contributed by atoms with van der Waals surface area (Å²) in [5.74, 6) is -0.756. The normalized spacial score (nSPS) is 12.7. The van der Waals surface area contributed by atoms with Crippen LogP contribution >= 0.6 is 0 Å². The molecule has 104 valence electrons. The first kappa shape index (κ1) is 15.1. The Morgan fingerprint density at radius 2 is 2.11 bits per heavy atom. The maximum absolute atomic E-state index is 11.9. The molecule has 0 aliphatic heterocycles. The Balaban J connectivity index is 3.04. The second kappa shape index (κ2) is 5.76. The molecular formula is C10H12N2O6S. The van der Waals surface area contributed by atoms with E-state index in [1.807, 2.05) is 0 Å². The Hall–Kier alpha value is -2.00. The third-order valence-corrected chi connectivity index (χ3v) is 3.76. The van der Waals surface area contributed by atoms with Crippen LogP contribution in [0.2, 0.25) is 0 Å². The number of non-ortho nitro benzene ring substituents is 1. The highest BCUT2D eigenvalue weighted by Crippen LogP contribution is 2.17. The van der Waals surface area contributed by atoms with Gasteiger partial charge in [0.2, 0.25) is 10.0 Å². The largest absolute Gasteiger partial charge is 0.468 e. The third kappa shape index (κ3) is 3.73. The lowest BCUT2D eigenvalue weighted by Gasteiger charge is -2.11. The minimum Gasteiger partial charge on any atom is -0.468 e. The second-order valence-electron chi connectivity index (χ2n) is 3.62. The first-order valence-corrected chi connectivity index (χ1v) is 6.61. The van der Waals surface area contributed by atoms with Crippen molar-refractivity contribution < 1.29 is 22.9 Å². The number of hydrogen-bond donors (Lipinski definition) is 1. The molecular weight excluding hydrogens is 276 g/mol. The highest BCUT2D eigenvalue weighted by molar-refractivity contribution is 7.89. The van der Waals surface area contributed by atoms with Gasteiger partial charge < -0.3 is 4.74 Å². The van der Waals surface area contributed by atoms with Gasteiger partial charge in [-0.05, 0) is 13.0 Å². The van der Waals surface area contributed by atoms with Gasteiger partial charge in [0.1, 0.15) is 6.04 Å². The number of ether oxygens (including phenoxy) is 1. The molecule has 1 rings (SSSR count). The first-order chi connectivity index (χ1) is 8.77. The quantitative estimate of drug-likeness (QED) is 0.477. The van der Waals surface area contributed by atoms with Crippen molar-refractivity contribution in [2.75, 3.05) is 7.11 Å². The number of nitrogens with one attached hydrogen (secondary N) is 1. The van der Waals surface area contributed by atoms with Gasteiger partial charge in [-0.25, -0.2) is 8.42 Å². The molecule has 0 radical (unpaired) electrons. The van der Waals surface area contributed by atoms with E-state index in [2.05, 4.69) is 9.46 Å². The second-order valence-corrected chi connectivity index (χ2v) is 5.33. The van der Waals surface area contributed by atoms with E-state index in [0.29, 0.717) is 0 Å². The van der Waals surface area contributed by atoms with E-state index >= 15 is 0 Å². The summed E-state index contributed by atoms with van der Waals surface area (Å²) in [4.78, 5) is 20.7. The molecule has 1 aromatic carbocycles. The molecule has 8 nitrogen and oxygen atoms in total. The van der Waals surface area contributed by atoms with E-state index in [4.69, 9.17) is 0 Å². The van der Waals surface area contributed by atoms with Crippen molar-refractivity contribution in [2.45, 2.75) is 17.9 Å². The number of carbonyl (C=O) groups is 1. The van der Waals surface area contributed by atoms with Gasteiger partial charge in [0.05, 0.1) is 16.9 Å². The predicted octanol–water partition coefficient (Wildman–Crippen LogP) is 0.435. The van der Waals surface area contributed by atoms with Gasteiger partial charge in [-0.2, -0.15) is 4.72 Å². The lowest BCUT2D eigenvalue weighted by Crippen LogP contribution is -2.39. The van der Waals surface area contributed by atoms with Gasteiger partial charge in [0.25, 0.3) is 5.69 Å². The van der Waals surface area contributed by atoms with Crippen molar-refractivity contribution in [1.82, 2.24) is 4.72 Å². The number of rotatable bonds is 5. The van der Waals surface area contributed by atoms with Crippen LogP contribution in [-0.4, -0.2) is 32.5 Å². The topological polar surface area (TPSA) is 116 Å². The first-order valence-electron chi connectivity index (χ1n) is 5.12. The van der Waals surface area contributed by atoms with Crippen LogP contribution in [-0.2, 0) is 19.6 Å². The Morgan fingerprint density at radius 1 is 1.47 bits per heavy atom. The van der Waals surface area contributed by atoms with Crippen LogP contribution in [0.4, 0.5) is 5.69 Å². The molecule has 1 N–H and O–H groups in total. The van der Waals surface area contributed by atoms with Gasteiger partial charge in [-0.1, -0.05) is 6.07 Å². The number of sulfonamides is 1. The van der Waals surface area contributed by atoms with Gasteiger partial charge >= 0.3 is 5.97 Å². The van der Waals surface area contributed by atoms with Gasteiger partial charge in [-0.15, -0.1) is 0 Å². The Kier molecular flexibility index (Phi) is 4.57. The summed E-state index contributed by atoms with van der Waals surface area (Å²) < 4.78 is 30.2. The Bertz CT molecular complexity index is 598. The Morgan fingerprint density at radius 3 is 2.63 bits per heavy atom. The van der Waals surface area contributed by atoms with Crippen LogP contribution in [0.1, 0.15) is 6.92 Å². The molecule has 1 aromatic rings. The predicted molar refractivity (Wildman–Crippen MR) is 64.9 cm³/mol. The van der Waals surface area contributed by atoms with Crippen LogP contribution in [0.3, 0.4) is 0 Å². The fraction of sp³-hybridized carbons (Fsp3) is 0.300. The van der Waals surface area contributed by atoms with E-state index in [1.54, 1.807) is 0 Å². The summed E-state index contributed by atoms with van der Waals surface area (Å²) >= 11 is 0. The number of carbonyl (C=O) groups excluding carboxylic acids is 1. The molecule has 1 atom stereocenters. The van der Waals surface area contributed by atoms with Crippen LogP contribution in [0.15, 0.2) is 29.2 Å². The van der Waals surface area contributed by atoms with E-state index in [0.717, 1.165) is 13.2 Å². The van der Waals surface area contributed by atoms with Crippen molar-refractivity contribution in [3.05, 3.63) is 34.4 Å². The molecule has 0 fully saturated rings. The summed E-state index contributed by atoms with van der Waals surface area (Å²) in [6.07, 6.45) is 0. The molecule has 0 amide bonds. The molecule has 0 spiro atoms. The number of benzene rings is 1. The maximum atomic E-state index is 11.9. The lowest BCUT2D eigenvalue weighted by molar-refractivity contribution is -0.385. The number of nitro benzene ring substituents is 1. The fourth-order valence-corrected chi connectivity index (χ4v) is 2.52. The minimum atomic E-state index is -4.03. The monoisotopic (exact) mass is 288 g/mol. The van der Waals surface area contributed by atoms with Crippen molar-refractivity contribution in [3.63, 3.8) is 0 Å². The zero-order valence-electron chi connectivity index (χ0n) is 10.2. The molecule has 0 heterocycles. The summed E-state index contributed by atoms with van der Waals surface area (Å²) in [5, 5.41) is 10.6. The molecule has 0 aromatic heterocycles. The zero-order chi connectivity index (χ0) is 14.6. The average Bonchev–Trinajstić information content (AvgIpc) is 2.37. The molecule has 0 saturated carbocycles. The number of methoxy groups -OCH3 is 1. The van der Waals surface area contributed by atoms with E-state index < -0.39 is 27.0 Å². The molecule has 9 heteroatoms. The SMILES string of the molecule is COC(=O)[C@H](C)NS(=O)(=O)c1cccc([N+](=O)[O-])c1. The minimum absolute atomic E-state index is 0.294. The van der Waals surface area contributed by atoms with Crippen molar-refractivity contribution >= 4 is 21.7 Å². The number of hydrogen-bond acceptors (Lipinski definition) is 6. The molecule has 0 saturated heterocycles. The van der Waals surface area contributed by atoms with E-state index in [-0.39, 0.29) is 10.6 Å².